The van der Waals surface area contributed by atoms with Crippen LogP contribution in [0.25, 0.3) is 11.2 Å². The maximum Gasteiger partial charge on any atom is 0.329 e. The summed E-state index contributed by atoms with van der Waals surface area (Å²) in [5.41, 5.74) is -0.269. The minimum atomic E-state index is -0.927. The molecule has 3 aromatic rings. The van der Waals surface area contributed by atoms with Crippen molar-refractivity contribution in [3.05, 3.63) is 72.3 Å². The summed E-state index contributed by atoms with van der Waals surface area (Å²) in [4.78, 5) is 44.4. The van der Waals surface area contributed by atoms with Gasteiger partial charge in [0.15, 0.2) is 5.52 Å². The summed E-state index contributed by atoms with van der Waals surface area (Å²) in [7, 11) is 1.42. The zero-order valence-electron chi connectivity index (χ0n) is 13.2. The van der Waals surface area contributed by atoms with Crippen molar-refractivity contribution in [1.82, 2.24) is 19.5 Å². The van der Waals surface area contributed by atoms with Gasteiger partial charge in [-0.3, -0.25) is 19.1 Å². The van der Waals surface area contributed by atoms with E-state index in [9.17, 15) is 19.5 Å². The van der Waals surface area contributed by atoms with Gasteiger partial charge in [0.05, 0.1) is 6.10 Å². The molecule has 3 rings (SSSR count). The molecule has 2 heterocycles. The van der Waals surface area contributed by atoms with E-state index < -0.39 is 22.9 Å². The van der Waals surface area contributed by atoms with Crippen LogP contribution in [-0.4, -0.2) is 24.6 Å². The number of aliphatic hydroxyl groups is 1. The smallest absolute Gasteiger partial charge is 0.329 e. The molecule has 0 fully saturated rings. The lowest BCUT2D eigenvalue weighted by Crippen LogP contribution is -2.32. The maximum atomic E-state index is 12.2. The van der Waals surface area contributed by atoms with Gasteiger partial charge in [-0.2, -0.15) is 0 Å². The van der Waals surface area contributed by atoms with Crippen molar-refractivity contribution in [2.45, 2.75) is 19.4 Å². The van der Waals surface area contributed by atoms with Crippen LogP contribution in [0, 0.1) is 6.92 Å². The second-order valence-electron chi connectivity index (χ2n) is 5.60. The first-order valence-electron chi connectivity index (χ1n) is 7.34. The highest BCUT2D eigenvalue weighted by Crippen LogP contribution is 2.19. The van der Waals surface area contributed by atoms with Gasteiger partial charge in [0.25, 0.3) is 11.1 Å². The molecule has 0 aliphatic rings. The Balaban J connectivity index is 2.10. The number of nitrogens with zero attached hydrogens (tertiary/aromatic N) is 2. The van der Waals surface area contributed by atoms with Crippen molar-refractivity contribution in [2.24, 2.45) is 7.05 Å². The minimum Gasteiger partial charge on any atom is -0.388 e. The van der Waals surface area contributed by atoms with E-state index in [0.717, 1.165) is 10.1 Å². The van der Waals surface area contributed by atoms with E-state index >= 15 is 0 Å². The first-order valence-corrected chi connectivity index (χ1v) is 7.34. The summed E-state index contributed by atoms with van der Waals surface area (Å²) in [6.45, 7) is 1.86. The van der Waals surface area contributed by atoms with Crippen LogP contribution < -0.4 is 16.8 Å². The van der Waals surface area contributed by atoms with Gasteiger partial charge in [0, 0.05) is 13.5 Å². The van der Waals surface area contributed by atoms with E-state index in [-0.39, 0.29) is 23.3 Å². The standard InChI is InChI=1S/C16H16N4O4/c1-8-5-3-4-6-9(8)11(21)7-10-14(22)18-13-12(17-10)15(23)19-16(24)20(13)2/h3-6,11,21H,7H2,1-2H3,(H,18,22)(H,19,23,24)/t11-/m0/s1. The van der Waals surface area contributed by atoms with Gasteiger partial charge in [-0.25, -0.2) is 9.78 Å². The number of aromatic nitrogens is 4. The number of hydrogen-bond acceptors (Lipinski definition) is 5. The summed E-state index contributed by atoms with van der Waals surface area (Å²) in [6, 6.07) is 7.28. The second-order valence-corrected chi connectivity index (χ2v) is 5.60. The molecular weight excluding hydrogens is 312 g/mol. The molecule has 0 radical (unpaired) electrons. The first-order chi connectivity index (χ1) is 11.4. The van der Waals surface area contributed by atoms with Gasteiger partial charge in [0.2, 0.25) is 0 Å². The lowest BCUT2D eigenvalue weighted by atomic mass is 10.0. The molecule has 0 aliphatic carbocycles. The summed E-state index contributed by atoms with van der Waals surface area (Å²) in [5.74, 6) is 0. The van der Waals surface area contributed by atoms with Gasteiger partial charge in [-0.15, -0.1) is 0 Å². The average Bonchev–Trinajstić information content (AvgIpc) is 2.54. The van der Waals surface area contributed by atoms with Crippen molar-refractivity contribution >= 4 is 11.2 Å². The first kappa shape index (κ1) is 15.9. The monoisotopic (exact) mass is 328 g/mol. The SMILES string of the molecule is Cc1ccccc1[C@@H](O)Cc1nc2c(=O)[nH]c(=O)n(C)c2[nH]c1=O. The van der Waals surface area contributed by atoms with Crippen LogP contribution >= 0.6 is 0 Å². The van der Waals surface area contributed by atoms with Gasteiger partial charge in [-0.1, -0.05) is 24.3 Å². The van der Waals surface area contributed by atoms with E-state index in [1.54, 1.807) is 12.1 Å². The zero-order chi connectivity index (χ0) is 17.4. The van der Waals surface area contributed by atoms with Crippen LogP contribution in [0.4, 0.5) is 0 Å². The predicted octanol–water partition coefficient (Wildman–Crippen LogP) is -0.105. The van der Waals surface area contributed by atoms with E-state index in [0.29, 0.717) is 5.56 Å². The van der Waals surface area contributed by atoms with Crippen molar-refractivity contribution < 1.29 is 5.11 Å². The number of aromatic amines is 2. The fraction of sp³-hybridized carbons (Fsp3) is 0.250. The Morgan fingerprint density at radius 3 is 2.58 bits per heavy atom. The molecule has 1 atom stereocenters. The number of aryl methyl sites for hydroxylation is 2. The summed E-state index contributed by atoms with van der Waals surface area (Å²) >= 11 is 0. The van der Waals surface area contributed by atoms with Crippen molar-refractivity contribution in [1.29, 1.82) is 0 Å². The lowest BCUT2D eigenvalue weighted by molar-refractivity contribution is 0.176. The minimum absolute atomic E-state index is 0.0300. The Bertz CT molecular complexity index is 1090. The molecule has 0 bridgehead atoms. The number of nitrogens with one attached hydrogen (secondary N) is 2. The second kappa shape index (κ2) is 5.89. The molecule has 0 saturated carbocycles. The van der Waals surface area contributed by atoms with Crippen molar-refractivity contribution in [3.8, 4) is 0 Å². The number of rotatable bonds is 3. The molecule has 1 aromatic carbocycles. The fourth-order valence-electron chi connectivity index (χ4n) is 2.61. The molecule has 0 spiro atoms. The van der Waals surface area contributed by atoms with Crippen LogP contribution in [0.5, 0.6) is 0 Å². The topological polar surface area (TPSA) is 121 Å². The van der Waals surface area contributed by atoms with E-state index in [1.165, 1.54) is 7.05 Å². The third-order valence-corrected chi connectivity index (χ3v) is 3.97. The zero-order valence-corrected chi connectivity index (χ0v) is 13.2. The molecule has 8 heteroatoms. The van der Waals surface area contributed by atoms with E-state index in [4.69, 9.17) is 0 Å². The van der Waals surface area contributed by atoms with Gasteiger partial charge in [-0.05, 0) is 18.1 Å². The largest absolute Gasteiger partial charge is 0.388 e. The molecule has 0 aliphatic heterocycles. The number of benzene rings is 1. The number of aliphatic hydroxyl groups excluding tert-OH is 1. The normalized spacial score (nSPS) is 12.5. The van der Waals surface area contributed by atoms with Crippen molar-refractivity contribution in [2.75, 3.05) is 0 Å². The Morgan fingerprint density at radius 1 is 1.17 bits per heavy atom. The summed E-state index contributed by atoms with van der Waals surface area (Å²) in [6.07, 6.45) is -0.970. The van der Waals surface area contributed by atoms with Crippen LogP contribution in [0.15, 0.2) is 38.6 Å². The Hall–Kier alpha value is -3.00. The van der Waals surface area contributed by atoms with Crippen molar-refractivity contribution in [3.63, 3.8) is 0 Å². The van der Waals surface area contributed by atoms with Crippen LogP contribution in [0.2, 0.25) is 0 Å². The Kier molecular flexibility index (Phi) is 3.90. The third kappa shape index (κ3) is 2.67. The lowest BCUT2D eigenvalue weighted by Gasteiger charge is -2.13. The van der Waals surface area contributed by atoms with Crippen LogP contribution in [-0.2, 0) is 13.5 Å². The molecule has 24 heavy (non-hydrogen) atoms. The molecule has 0 amide bonds. The molecule has 2 aromatic heterocycles. The highest BCUT2D eigenvalue weighted by molar-refractivity contribution is 5.68. The van der Waals surface area contributed by atoms with Crippen LogP contribution in [0.3, 0.4) is 0 Å². The van der Waals surface area contributed by atoms with E-state index in [2.05, 4.69) is 15.0 Å². The Labute approximate surface area is 135 Å². The summed E-state index contributed by atoms with van der Waals surface area (Å²) < 4.78 is 1.10. The number of hydrogen-bond donors (Lipinski definition) is 3. The molecule has 0 saturated heterocycles. The van der Waals surface area contributed by atoms with Gasteiger partial charge >= 0.3 is 5.69 Å². The molecule has 0 unspecified atom stereocenters. The van der Waals surface area contributed by atoms with Crippen LogP contribution in [0.1, 0.15) is 22.9 Å². The summed E-state index contributed by atoms with van der Waals surface area (Å²) in [5, 5.41) is 10.4. The predicted molar refractivity (Wildman–Crippen MR) is 88.1 cm³/mol. The fourth-order valence-corrected chi connectivity index (χ4v) is 2.61. The molecule has 124 valence electrons. The number of fused-ring (bicyclic) bond motifs is 1. The third-order valence-electron chi connectivity index (χ3n) is 3.97. The average molecular weight is 328 g/mol. The van der Waals surface area contributed by atoms with Gasteiger partial charge < -0.3 is 10.1 Å². The van der Waals surface area contributed by atoms with Gasteiger partial charge in [0.1, 0.15) is 11.3 Å². The highest BCUT2D eigenvalue weighted by atomic mass is 16.3. The number of H-pyrrole nitrogens is 2. The molecule has 3 N–H and O–H groups in total. The van der Waals surface area contributed by atoms with E-state index in [1.807, 2.05) is 19.1 Å². The highest BCUT2D eigenvalue weighted by Gasteiger charge is 2.16. The molecular formula is C16H16N4O4. The molecule has 8 nitrogen and oxygen atoms in total. The quantitative estimate of drug-likeness (QED) is 0.620. The maximum absolute atomic E-state index is 12.2. The Morgan fingerprint density at radius 2 is 1.88 bits per heavy atom.